The summed E-state index contributed by atoms with van der Waals surface area (Å²) in [6.07, 6.45) is 5.56. The third kappa shape index (κ3) is 2.56. The average Bonchev–Trinajstić information content (AvgIpc) is 2.40. The molecule has 0 saturated heterocycles. The molecule has 0 aromatic heterocycles. The molecule has 2 atom stereocenters. The molecule has 1 aliphatic rings. The summed E-state index contributed by atoms with van der Waals surface area (Å²) in [7, 11) is 0. The normalized spacial score (nSPS) is 21.9. The van der Waals surface area contributed by atoms with Crippen molar-refractivity contribution >= 4 is 12.3 Å². The number of carboxylic acids is 1. The zero-order valence-corrected chi connectivity index (χ0v) is 8.85. The Balaban J connectivity index is 0.00000121. The molecule has 0 saturated carbocycles. The van der Waals surface area contributed by atoms with Crippen molar-refractivity contribution in [2.75, 3.05) is 0 Å². The predicted octanol–water partition coefficient (Wildman–Crippen LogP) is -3.75. The molecule has 68 valence electrons. The van der Waals surface area contributed by atoms with Crippen molar-refractivity contribution in [3.05, 3.63) is 12.4 Å². The van der Waals surface area contributed by atoms with Crippen molar-refractivity contribution in [2.45, 2.75) is 19.4 Å². The van der Waals surface area contributed by atoms with Crippen LogP contribution in [0.2, 0.25) is 0 Å². The molecule has 0 spiro atoms. The summed E-state index contributed by atoms with van der Waals surface area (Å²) in [5, 5.41) is 8.72. The highest BCUT2D eigenvalue weighted by Crippen LogP contribution is 1.86. The number of aliphatic carboxylic acids is 1. The van der Waals surface area contributed by atoms with Gasteiger partial charge in [-0.3, -0.25) is 4.90 Å². The molecule has 0 radical (unpaired) electrons. The van der Waals surface area contributed by atoms with E-state index in [-0.39, 0.29) is 24.0 Å². The molecule has 12 heavy (non-hydrogen) atoms. The number of hydrogen-bond acceptors (Lipinski definition) is 2. The van der Waals surface area contributed by atoms with Crippen molar-refractivity contribution in [1.82, 2.24) is 0 Å². The van der Waals surface area contributed by atoms with E-state index < -0.39 is 12.0 Å². The number of nitrogens with zero attached hydrogens (tertiary/aromatic N) is 1. The van der Waals surface area contributed by atoms with E-state index in [2.05, 4.69) is 4.99 Å². The summed E-state index contributed by atoms with van der Waals surface area (Å²) in [6, 6.07) is -0.391. The summed E-state index contributed by atoms with van der Waals surface area (Å²) in [5.74, 6) is -0.777. The largest absolute Gasteiger partial charge is 1.00 e. The Hall–Kier alpha value is -0.430. The molecule has 2 unspecified atom stereocenters. The smallest absolute Gasteiger partial charge is 0.363 e. The number of quaternary nitrogens is 1. The summed E-state index contributed by atoms with van der Waals surface area (Å²) in [4.78, 5) is 15.2. The van der Waals surface area contributed by atoms with E-state index in [4.69, 9.17) is 5.11 Å². The van der Waals surface area contributed by atoms with Gasteiger partial charge in [0.05, 0.1) is 6.20 Å². The fraction of sp³-hybridized carbons (Fsp3) is 0.429. The Labute approximate surface area is 88.0 Å². The first-order valence-electron chi connectivity index (χ1n) is 3.55. The van der Waals surface area contributed by atoms with Crippen LogP contribution in [-0.4, -0.2) is 23.5 Å². The second-order valence-electron chi connectivity index (χ2n) is 2.39. The van der Waals surface area contributed by atoms with Crippen molar-refractivity contribution in [3.8, 4) is 0 Å². The van der Waals surface area contributed by atoms with E-state index in [1.807, 2.05) is 6.92 Å². The van der Waals surface area contributed by atoms with Gasteiger partial charge in [-0.15, -0.1) is 0 Å². The Morgan fingerprint density at radius 1 is 1.75 bits per heavy atom. The molecule has 4 nitrogen and oxygen atoms in total. The number of nitrogens with one attached hydrogen (secondary N) is 1. The van der Waals surface area contributed by atoms with Crippen LogP contribution in [0.3, 0.4) is 0 Å². The maximum atomic E-state index is 10.6. The number of rotatable bonds is 3. The third-order valence-electron chi connectivity index (χ3n) is 1.69. The first-order chi connectivity index (χ1) is 5.25. The van der Waals surface area contributed by atoms with Crippen LogP contribution in [0.15, 0.2) is 17.4 Å². The van der Waals surface area contributed by atoms with Gasteiger partial charge in [0.1, 0.15) is 6.20 Å². The average molecular weight is 282 g/mol. The quantitative estimate of drug-likeness (QED) is 0.523. The monoisotopic (exact) mass is 282 g/mol. The first kappa shape index (κ1) is 11.6. The van der Waals surface area contributed by atoms with Crippen LogP contribution in [0.1, 0.15) is 13.3 Å². The molecule has 0 aliphatic carbocycles. The maximum absolute atomic E-state index is 10.6. The topological polar surface area (TPSA) is 54.1 Å². The molecule has 2 N–H and O–H groups in total. The van der Waals surface area contributed by atoms with Crippen LogP contribution >= 0.6 is 0 Å². The maximum Gasteiger partial charge on any atom is 0.363 e. The van der Waals surface area contributed by atoms with Gasteiger partial charge in [-0.1, -0.05) is 6.92 Å². The Bertz CT molecular complexity index is 203. The zero-order chi connectivity index (χ0) is 8.27. The highest BCUT2D eigenvalue weighted by Gasteiger charge is 2.26. The SMILES string of the molecule is CCC(C(=O)O)[NH+]1C=CN=C1.[I-]. The van der Waals surface area contributed by atoms with Gasteiger partial charge in [0.25, 0.3) is 0 Å². The van der Waals surface area contributed by atoms with Gasteiger partial charge in [-0.05, 0) is 0 Å². The lowest BCUT2D eigenvalue weighted by Gasteiger charge is -2.12. The molecule has 0 amide bonds. The molecule has 1 rings (SSSR count). The lowest BCUT2D eigenvalue weighted by Crippen LogP contribution is -3.11. The molecule has 0 fully saturated rings. The van der Waals surface area contributed by atoms with Crippen molar-refractivity contribution in [2.24, 2.45) is 4.99 Å². The van der Waals surface area contributed by atoms with E-state index in [0.717, 1.165) is 4.90 Å². The second-order valence-corrected chi connectivity index (χ2v) is 2.39. The first-order valence-corrected chi connectivity index (χ1v) is 3.55. The van der Waals surface area contributed by atoms with Gasteiger partial charge < -0.3 is 29.1 Å². The Kier molecular flexibility index (Phi) is 5.07. The molecular weight excluding hydrogens is 271 g/mol. The van der Waals surface area contributed by atoms with Crippen molar-refractivity contribution < 1.29 is 38.8 Å². The van der Waals surface area contributed by atoms with Crippen LogP contribution in [0.4, 0.5) is 0 Å². The second kappa shape index (κ2) is 5.26. The number of hydrogen-bond donors (Lipinski definition) is 2. The minimum atomic E-state index is -0.777. The number of aliphatic imine (C=N–C) groups is 1. The van der Waals surface area contributed by atoms with Crippen molar-refractivity contribution in [3.63, 3.8) is 0 Å². The van der Waals surface area contributed by atoms with Gasteiger partial charge in [-0.2, -0.15) is 0 Å². The van der Waals surface area contributed by atoms with Gasteiger partial charge in [0.2, 0.25) is 0 Å². The highest BCUT2D eigenvalue weighted by molar-refractivity contribution is 5.73. The standard InChI is InChI=1S/C7H10N2O2.HI/c1-2-6(7(10)11)9-4-3-8-5-9;/h3-6H,2H2,1H3,(H,10,11);1H. The molecular formula is C7H11IN2O2. The lowest BCUT2D eigenvalue weighted by molar-refractivity contribution is -0.758. The molecule has 5 heteroatoms. The van der Waals surface area contributed by atoms with Crippen LogP contribution in [0, 0.1) is 0 Å². The van der Waals surface area contributed by atoms with Crippen LogP contribution in [0.5, 0.6) is 0 Å². The Morgan fingerprint density at radius 3 is 2.75 bits per heavy atom. The zero-order valence-electron chi connectivity index (χ0n) is 6.70. The number of halogens is 1. The van der Waals surface area contributed by atoms with Crippen molar-refractivity contribution in [1.29, 1.82) is 0 Å². The number of carbonyl (C=O) groups is 1. The van der Waals surface area contributed by atoms with Gasteiger partial charge in [0, 0.05) is 6.42 Å². The van der Waals surface area contributed by atoms with E-state index in [1.54, 1.807) is 18.7 Å². The van der Waals surface area contributed by atoms with E-state index in [0.29, 0.717) is 6.42 Å². The van der Waals surface area contributed by atoms with Gasteiger partial charge in [0.15, 0.2) is 12.4 Å². The van der Waals surface area contributed by atoms with Crippen LogP contribution in [-0.2, 0) is 4.79 Å². The third-order valence-corrected chi connectivity index (χ3v) is 1.69. The molecule has 0 aromatic carbocycles. The fourth-order valence-electron chi connectivity index (χ4n) is 1.06. The lowest BCUT2D eigenvalue weighted by atomic mass is 10.2. The molecule has 0 bridgehead atoms. The Morgan fingerprint density at radius 2 is 2.42 bits per heavy atom. The van der Waals surface area contributed by atoms with E-state index in [9.17, 15) is 4.79 Å². The van der Waals surface area contributed by atoms with Crippen LogP contribution in [0.25, 0.3) is 0 Å². The minimum absolute atomic E-state index is 0. The summed E-state index contributed by atoms with van der Waals surface area (Å²) in [5.41, 5.74) is 0. The van der Waals surface area contributed by atoms with E-state index in [1.165, 1.54) is 0 Å². The summed E-state index contributed by atoms with van der Waals surface area (Å²) >= 11 is 0. The minimum Gasteiger partial charge on any atom is -1.00 e. The number of carboxylic acid groups (broad SMARTS) is 1. The fourth-order valence-corrected chi connectivity index (χ4v) is 1.06. The molecule has 1 aliphatic heterocycles. The van der Waals surface area contributed by atoms with E-state index >= 15 is 0 Å². The molecule has 0 aromatic rings. The summed E-state index contributed by atoms with van der Waals surface area (Å²) in [6.45, 7) is 1.85. The summed E-state index contributed by atoms with van der Waals surface area (Å²) < 4.78 is 0. The van der Waals surface area contributed by atoms with Gasteiger partial charge in [-0.25, -0.2) is 9.79 Å². The van der Waals surface area contributed by atoms with Gasteiger partial charge >= 0.3 is 5.97 Å². The predicted molar refractivity (Wildman–Crippen MR) is 40.3 cm³/mol. The highest BCUT2D eigenvalue weighted by atomic mass is 127. The molecule has 1 heterocycles. The van der Waals surface area contributed by atoms with Crippen LogP contribution < -0.4 is 28.9 Å².